The normalized spacial score (nSPS) is 15.8. The van der Waals surface area contributed by atoms with Crippen molar-refractivity contribution in [3.63, 3.8) is 0 Å². The second kappa shape index (κ2) is 3.09. The minimum absolute atomic E-state index is 0.0137. The number of amides is 1. The lowest BCUT2D eigenvalue weighted by Gasteiger charge is -2.07. The van der Waals surface area contributed by atoms with E-state index < -0.39 is 0 Å². The van der Waals surface area contributed by atoms with E-state index in [-0.39, 0.29) is 11.7 Å². The molecule has 3 heteroatoms. The quantitative estimate of drug-likeness (QED) is 0.592. The molecule has 1 aliphatic rings. The Morgan fingerprint density at radius 2 is 2.15 bits per heavy atom. The number of benzene rings is 1. The van der Waals surface area contributed by atoms with Crippen LogP contribution in [0.3, 0.4) is 0 Å². The van der Waals surface area contributed by atoms with Crippen LogP contribution in [0.25, 0.3) is 0 Å². The predicted octanol–water partition coefficient (Wildman–Crippen LogP) is 1.67. The van der Waals surface area contributed by atoms with E-state index in [9.17, 15) is 9.90 Å². The standard InChI is InChI=1S/C10H11NO2/c12-8-5-1-3-7-4-2-6-9(13)11-10(7)8/h1,3,5,12H,2,4,6H2,(H,11,13). The van der Waals surface area contributed by atoms with Gasteiger partial charge < -0.3 is 10.4 Å². The first-order valence-electron chi connectivity index (χ1n) is 4.38. The van der Waals surface area contributed by atoms with Crippen LogP contribution in [0.2, 0.25) is 0 Å². The fourth-order valence-electron chi connectivity index (χ4n) is 1.58. The number of fused-ring (bicyclic) bond motifs is 1. The molecule has 68 valence electrons. The Balaban J connectivity index is 2.46. The van der Waals surface area contributed by atoms with Gasteiger partial charge in [-0.1, -0.05) is 12.1 Å². The van der Waals surface area contributed by atoms with E-state index in [1.165, 1.54) is 0 Å². The number of nitrogens with one attached hydrogen (secondary N) is 1. The molecule has 0 spiro atoms. The molecule has 0 saturated carbocycles. The molecule has 1 heterocycles. The monoisotopic (exact) mass is 177 g/mol. The van der Waals surface area contributed by atoms with E-state index in [0.29, 0.717) is 12.1 Å². The van der Waals surface area contributed by atoms with Gasteiger partial charge in [0.25, 0.3) is 0 Å². The van der Waals surface area contributed by atoms with Crippen molar-refractivity contribution in [2.24, 2.45) is 0 Å². The fourth-order valence-corrected chi connectivity index (χ4v) is 1.58. The Bertz CT molecular complexity index is 347. The number of carbonyl (C=O) groups is 1. The van der Waals surface area contributed by atoms with Gasteiger partial charge in [-0.15, -0.1) is 0 Å². The third kappa shape index (κ3) is 1.49. The van der Waals surface area contributed by atoms with Gasteiger partial charge in [0.2, 0.25) is 5.91 Å². The van der Waals surface area contributed by atoms with Gasteiger partial charge in [0, 0.05) is 6.42 Å². The average Bonchev–Trinajstić information content (AvgIpc) is 2.28. The highest BCUT2D eigenvalue weighted by atomic mass is 16.3. The summed E-state index contributed by atoms with van der Waals surface area (Å²) in [6.45, 7) is 0. The maximum Gasteiger partial charge on any atom is 0.224 e. The zero-order valence-electron chi connectivity index (χ0n) is 7.21. The van der Waals surface area contributed by atoms with Crippen LogP contribution in [0.4, 0.5) is 5.69 Å². The van der Waals surface area contributed by atoms with Crippen LogP contribution in [0.5, 0.6) is 5.75 Å². The van der Waals surface area contributed by atoms with Gasteiger partial charge in [-0.3, -0.25) is 4.79 Å². The minimum atomic E-state index is -0.0137. The highest BCUT2D eigenvalue weighted by Gasteiger charge is 2.14. The number of aromatic hydroxyl groups is 1. The van der Waals surface area contributed by atoms with Crippen LogP contribution >= 0.6 is 0 Å². The molecular formula is C10H11NO2. The molecule has 1 amide bonds. The number of phenolic OH excluding ortho intramolecular Hbond substituents is 1. The first-order valence-corrected chi connectivity index (χ1v) is 4.38. The Kier molecular flexibility index (Phi) is 1.93. The Morgan fingerprint density at radius 1 is 1.31 bits per heavy atom. The molecule has 2 N–H and O–H groups in total. The molecule has 0 fully saturated rings. The zero-order valence-corrected chi connectivity index (χ0v) is 7.21. The van der Waals surface area contributed by atoms with Gasteiger partial charge in [0.15, 0.2) is 0 Å². The van der Waals surface area contributed by atoms with Gasteiger partial charge in [0.1, 0.15) is 5.75 Å². The van der Waals surface area contributed by atoms with Gasteiger partial charge in [-0.25, -0.2) is 0 Å². The molecule has 0 atom stereocenters. The maximum absolute atomic E-state index is 11.2. The molecule has 1 aromatic rings. The summed E-state index contributed by atoms with van der Waals surface area (Å²) in [6.07, 6.45) is 2.24. The summed E-state index contributed by atoms with van der Waals surface area (Å²) in [5.74, 6) is 0.146. The molecule has 1 aliphatic heterocycles. The van der Waals surface area contributed by atoms with E-state index in [1.54, 1.807) is 12.1 Å². The molecule has 0 aromatic heterocycles. The number of aryl methyl sites for hydroxylation is 1. The fraction of sp³-hybridized carbons (Fsp3) is 0.300. The number of hydrogen-bond donors (Lipinski definition) is 2. The number of carbonyl (C=O) groups excluding carboxylic acids is 1. The van der Waals surface area contributed by atoms with Crippen molar-refractivity contribution in [1.29, 1.82) is 0 Å². The molecule has 0 aliphatic carbocycles. The number of para-hydroxylation sites is 1. The van der Waals surface area contributed by atoms with Gasteiger partial charge in [-0.05, 0) is 24.5 Å². The van der Waals surface area contributed by atoms with E-state index in [1.807, 2.05) is 6.07 Å². The lowest BCUT2D eigenvalue weighted by atomic mass is 10.1. The van der Waals surface area contributed by atoms with Gasteiger partial charge in [0.05, 0.1) is 5.69 Å². The first kappa shape index (κ1) is 8.10. The van der Waals surface area contributed by atoms with Crippen molar-refractivity contribution < 1.29 is 9.90 Å². The van der Waals surface area contributed by atoms with Crippen molar-refractivity contribution in [2.75, 3.05) is 5.32 Å². The summed E-state index contributed by atoms with van der Waals surface area (Å²) in [6, 6.07) is 5.32. The van der Waals surface area contributed by atoms with Crippen molar-refractivity contribution >= 4 is 11.6 Å². The lowest BCUT2D eigenvalue weighted by Crippen LogP contribution is -2.09. The summed E-state index contributed by atoms with van der Waals surface area (Å²) >= 11 is 0. The SMILES string of the molecule is O=C1CCCc2cccc(O)c2N1. The van der Waals surface area contributed by atoms with Crippen molar-refractivity contribution in [3.05, 3.63) is 23.8 Å². The molecule has 1 aromatic carbocycles. The largest absolute Gasteiger partial charge is 0.506 e. The van der Waals surface area contributed by atoms with Gasteiger partial charge in [-0.2, -0.15) is 0 Å². The topological polar surface area (TPSA) is 49.3 Å². The van der Waals surface area contributed by atoms with Crippen LogP contribution in [0.15, 0.2) is 18.2 Å². The molecule has 2 rings (SSSR count). The summed E-state index contributed by atoms with van der Waals surface area (Å²) in [4.78, 5) is 11.2. The number of phenols is 1. The van der Waals surface area contributed by atoms with E-state index >= 15 is 0 Å². The van der Waals surface area contributed by atoms with E-state index in [2.05, 4.69) is 5.32 Å². The third-order valence-electron chi connectivity index (χ3n) is 2.24. The highest BCUT2D eigenvalue weighted by molar-refractivity contribution is 5.93. The van der Waals surface area contributed by atoms with E-state index in [0.717, 1.165) is 18.4 Å². The minimum Gasteiger partial charge on any atom is -0.506 e. The third-order valence-corrected chi connectivity index (χ3v) is 2.24. The van der Waals surface area contributed by atoms with Crippen LogP contribution in [0.1, 0.15) is 18.4 Å². The summed E-state index contributed by atoms with van der Waals surface area (Å²) in [5.41, 5.74) is 1.61. The molecule has 13 heavy (non-hydrogen) atoms. The summed E-state index contributed by atoms with van der Waals surface area (Å²) < 4.78 is 0. The van der Waals surface area contributed by atoms with Crippen molar-refractivity contribution in [2.45, 2.75) is 19.3 Å². The predicted molar refractivity (Wildman–Crippen MR) is 49.7 cm³/mol. The molecule has 0 radical (unpaired) electrons. The molecular weight excluding hydrogens is 166 g/mol. The molecule has 0 saturated heterocycles. The smallest absolute Gasteiger partial charge is 0.224 e. The first-order chi connectivity index (χ1) is 6.27. The van der Waals surface area contributed by atoms with E-state index in [4.69, 9.17) is 0 Å². The van der Waals surface area contributed by atoms with Crippen LogP contribution in [-0.4, -0.2) is 11.0 Å². The van der Waals surface area contributed by atoms with Crippen LogP contribution in [0, 0.1) is 0 Å². The number of hydrogen-bond acceptors (Lipinski definition) is 2. The lowest BCUT2D eigenvalue weighted by molar-refractivity contribution is -0.116. The van der Waals surface area contributed by atoms with Crippen molar-refractivity contribution in [1.82, 2.24) is 0 Å². The Hall–Kier alpha value is -1.51. The number of rotatable bonds is 0. The van der Waals surface area contributed by atoms with Gasteiger partial charge >= 0.3 is 0 Å². The van der Waals surface area contributed by atoms with Crippen LogP contribution < -0.4 is 5.32 Å². The summed E-state index contributed by atoms with van der Waals surface area (Å²) in [7, 11) is 0. The Morgan fingerprint density at radius 3 is 3.00 bits per heavy atom. The average molecular weight is 177 g/mol. The molecule has 0 unspecified atom stereocenters. The zero-order chi connectivity index (χ0) is 9.26. The van der Waals surface area contributed by atoms with Crippen molar-refractivity contribution in [3.8, 4) is 5.75 Å². The second-order valence-electron chi connectivity index (χ2n) is 3.21. The maximum atomic E-state index is 11.2. The Labute approximate surface area is 76.4 Å². The molecule has 3 nitrogen and oxygen atoms in total. The summed E-state index contributed by atoms with van der Waals surface area (Å²) in [5, 5.41) is 12.2. The number of anilines is 1. The second-order valence-corrected chi connectivity index (χ2v) is 3.21. The molecule has 0 bridgehead atoms. The van der Waals surface area contributed by atoms with Crippen LogP contribution in [-0.2, 0) is 11.2 Å². The highest BCUT2D eigenvalue weighted by Crippen LogP contribution is 2.30.